The second-order valence-corrected chi connectivity index (χ2v) is 6.42. The van der Waals surface area contributed by atoms with Crippen LogP contribution in [0.4, 0.5) is 5.82 Å². The van der Waals surface area contributed by atoms with Crippen molar-refractivity contribution in [2.75, 3.05) is 12.8 Å². The van der Waals surface area contributed by atoms with E-state index in [2.05, 4.69) is 4.98 Å². The molecule has 0 saturated carbocycles. The lowest BCUT2D eigenvalue weighted by Crippen LogP contribution is -2.38. The Kier molecular flexibility index (Phi) is 4.11. The Labute approximate surface area is 103 Å². The molecule has 0 aliphatic heterocycles. The van der Waals surface area contributed by atoms with Crippen molar-refractivity contribution in [3.8, 4) is 0 Å². The minimum Gasteiger partial charge on any atom is -0.384 e. The van der Waals surface area contributed by atoms with Crippen LogP contribution < -0.4 is 5.73 Å². The molecule has 0 amide bonds. The Morgan fingerprint density at radius 1 is 1.35 bits per heavy atom. The highest BCUT2D eigenvalue weighted by atomic mass is 32.2. The van der Waals surface area contributed by atoms with E-state index in [1.807, 2.05) is 20.8 Å². The predicted octanol–water partition coefficient (Wildman–Crippen LogP) is 1.33. The molecule has 1 atom stereocenters. The SMILES string of the molecule is CC(C)C(C)N(C)S(=O)(=O)c1ccnc(N)c1. The lowest BCUT2D eigenvalue weighted by molar-refractivity contribution is 0.316. The molecule has 0 aliphatic rings. The van der Waals surface area contributed by atoms with Crippen LogP contribution in [0, 0.1) is 5.92 Å². The molecule has 0 saturated heterocycles. The van der Waals surface area contributed by atoms with Crippen LogP contribution in [0.5, 0.6) is 0 Å². The first kappa shape index (κ1) is 13.9. The van der Waals surface area contributed by atoms with Gasteiger partial charge in [-0.1, -0.05) is 13.8 Å². The highest BCUT2D eigenvalue weighted by molar-refractivity contribution is 7.89. The van der Waals surface area contributed by atoms with Gasteiger partial charge < -0.3 is 5.73 Å². The fourth-order valence-electron chi connectivity index (χ4n) is 1.39. The van der Waals surface area contributed by atoms with Crippen LogP contribution in [0.2, 0.25) is 0 Å². The number of pyridine rings is 1. The Morgan fingerprint density at radius 3 is 2.41 bits per heavy atom. The molecule has 0 bridgehead atoms. The predicted molar refractivity (Wildman–Crippen MR) is 67.9 cm³/mol. The van der Waals surface area contributed by atoms with Gasteiger partial charge in [0.1, 0.15) is 5.82 Å². The number of nitrogens with zero attached hydrogens (tertiary/aromatic N) is 2. The molecule has 2 N–H and O–H groups in total. The topological polar surface area (TPSA) is 76.3 Å². The molecule has 1 heterocycles. The smallest absolute Gasteiger partial charge is 0.243 e. The summed E-state index contributed by atoms with van der Waals surface area (Å²) in [6, 6.07) is 2.75. The van der Waals surface area contributed by atoms with Crippen molar-refractivity contribution < 1.29 is 8.42 Å². The zero-order chi connectivity index (χ0) is 13.2. The van der Waals surface area contributed by atoms with Gasteiger partial charge in [-0.3, -0.25) is 0 Å². The van der Waals surface area contributed by atoms with Gasteiger partial charge in [-0.2, -0.15) is 4.31 Å². The van der Waals surface area contributed by atoms with E-state index >= 15 is 0 Å². The Morgan fingerprint density at radius 2 is 1.94 bits per heavy atom. The van der Waals surface area contributed by atoms with Crippen molar-refractivity contribution in [2.24, 2.45) is 5.92 Å². The number of nitrogen functional groups attached to an aromatic ring is 1. The van der Waals surface area contributed by atoms with Crippen LogP contribution in [0.15, 0.2) is 23.2 Å². The van der Waals surface area contributed by atoms with E-state index in [-0.39, 0.29) is 22.7 Å². The van der Waals surface area contributed by atoms with Gasteiger partial charge in [0.2, 0.25) is 10.0 Å². The summed E-state index contributed by atoms with van der Waals surface area (Å²) >= 11 is 0. The van der Waals surface area contributed by atoms with Gasteiger partial charge in [0.05, 0.1) is 4.90 Å². The lowest BCUT2D eigenvalue weighted by Gasteiger charge is -2.27. The number of rotatable bonds is 4. The molecule has 0 radical (unpaired) electrons. The number of sulfonamides is 1. The lowest BCUT2D eigenvalue weighted by atomic mass is 10.1. The molecule has 1 unspecified atom stereocenters. The molecular weight excluding hydrogens is 238 g/mol. The molecule has 0 spiro atoms. The second-order valence-electron chi connectivity index (χ2n) is 4.42. The van der Waals surface area contributed by atoms with Crippen LogP contribution in [0.3, 0.4) is 0 Å². The van der Waals surface area contributed by atoms with Crippen LogP contribution >= 0.6 is 0 Å². The van der Waals surface area contributed by atoms with E-state index in [1.54, 1.807) is 7.05 Å². The van der Waals surface area contributed by atoms with E-state index in [1.165, 1.54) is 22.6 Å². The quantitative estimate of drug-likeness (QED) is 0.882. The van der Waals surface area contributed by atoms with E-state index in [0.717, 1.165) is 0 Å². The van der Waals surface area contributed by atoms with Crippen molar-refractivity contribution >= 4 is 15.8 Å². The van der Waals surface area contributed by atoms with Crippen LogP contribution in [-0.2, 0) is 10.0 Å². The Balaban J connectivity index is 3.12. The molecule has 6 heteroatoms. The van der Waals surface area contributed by atoms with E-state index in [9.17, 15) is 8.42 Å². The number of hydrogen-bond donors (Lipinski definition) is 1. The minimum absolute atomic E-state index is 0.0746. The number of anilines is 1. The monoisotopic (exact) mass is 257 g/mol. The zero-order valence-corrected chi connectivity index (χ0v) is 11.4. The zero-order valence-electron chi connectivity index (χ0n) is 10.6. The maximum Gasteiger partial charge on any atom is 0.243 e. The van der Waals surface area contributed by atoms with Gasteiger partial charge in [-0.25, -0.2) is 13.4 Å². The van der Waals surface area contributed by atoms with Crippen LogP contribution in [0.1, 0.15) is 20.8 Å². The Bertz CT molecular complexity index is 485. The average molecular weight is 257 g/mol. The van der Waals surface area contributed by atoms with Gasteiger partial charge in [-0.15, -0.1) is 0 Å². The van der Waals surface area contributed by atoms with E-state index < -0.39 is 10.0 Å². The van der Waals surface area contributed by atoms with Gasteiger partial charge in [0.25, 0.3) is 0 Å². The molecule has 5 nitrogen and oxygen atoms in total. The molecule has 1 rings (SSSR count). The van der Waals surface area contributed by atoms with Gasteiger partial charge in [-0.05, 0) is 18.9 Å². The molecule has 0 aromatic carbocycles. The van der Waals surface area contributed by atoms with Crippen molar-refractivity contribution in [2.45, 2.75) is 31.7 Å². The molecule has 0 fully saturated rings. The third-order valence-electron chi connectivity index (χ3n) is 2.97. The van der Waals surface area contributed by atoms with Gasteiger partial charge >= 0.3 is 0 Å². The summed E-state index contributed by atoms with van der Waals surface area (Å²) in [5.41, 5.74) is 5.50. The maximum absolute atomic E-state index is 12.3. The highest BCUT2D eigenvalue weighted by Gasteiger charge is 2.27. The van der Waals surface area contributed by atoms with Gasteiger partial charge in [0, 0.05) is 25.4 Å². The summed E-state index contributed by atoms with van der Waals surface area (Å²) in [5.74, 6) is 0.450. The molecule has 17 heavy (non-hydrogen) atoms. The minimum atomic E-state index is -3.49. The highest BCUT2D eigenvalue weighted by Crippen LogP contribution is 2.20. The first-order valence-corrected chi connectivity index (χ1v) is 6.90. The second kappa shape index (κ2) is 5.01. The largest absolute Gasteiger partial charge is 0.384 e. The average Bonchev–Trinajstić information content (AvgIpc) is 2.26. The summed E-state index contributed by atoms with van der Waals surface area (Å²) in [7, 11) is -1.91. The summed E-state index contributed by atoms with van der Waals surface area (Å²) in [4.78, 5) is 3.97. The molecule has 0 aliphatic carbocycles. The standard InChI is InChI=1S/C11H19N3O2S/c1-8(2)9(3)14(4)17(15,16)10-5-6-13-11(12)7-10/h5-9H,1-4H3,(H2,12,13). The van der Waals surface area contributed by atoms with Crippen molar-refractivity contribution in [3.63, 3.8) is 0 Å². The normalized spacial score (nSPS) is 14.2. The number of hydrogen-bond acceptors (Lipinski definition) is 4. The summed E-state index contributed by atoms with van der Waals surface area (Å²) in [6.07, 6.45) is 1.40. The first-order chi connectivity index (χ1) is 7.76. The first-order valence-electron chi connectivity index (χ1n) is 5.46. The Hall–Kier alpha value is -1.14. The van der Waals surface area contributed by atoms with Crippen molar-refractivity contribution in [1.82, 2.24) is 9.29 Å². The van der Waals surface area contributed by atoms with E-state index in [0.29, 0.717) is 0 Å². The van der Waals surface area contributed by atoms with Crippen molar-refractivity contribution in [3.05, 3.63) is 18.3 Å². The fourth-order valence-corrected chi connectivity index (χ4v) is 2.91. The van der Waals surface area contributed by atoms with E-state index in [4.69, 9.17) is 5.73 Å². The van der Waals surface area contributed by atoms with Crippen molar-refractivity contribution in [1.29, 1.82) is 0 Å². The molecule has 1 aromatic heterocycles. The molecule has 1 aromatic rings. The maximum atomic E-state index is 12.3. The summed E-state index contributed by atoms with van der Waals surface area (Å²) < 4.78 is 25.9. The summed E-state index contributed by atoms with van der Waals surface area (Å²) in [6.45, 7) is 5.85. The third kappa shape index (κ3) is 2.95. The summed E-state index contributed by atoms with van der Waals surface area (Å²) in [5, 5.41) is 0. The number of nitrogens with two attached hydrogens (primary N) is 1. The molecule has 96 valence electrons. The fraction of sp³-hybridized carbons (Fsp3) is 0.545. The molecular formula is C11H19N3O2S. The van der Waals surface area contributed by atoms with Crippen LogP contribution in [-0.4, -0.2) is 30.8 Å². The van der Waals surface area contributed by atoms with Crippen LogP contribution in [0.25, 0.3) is 0 Å². The third-order valence-corrected chi connectivity index (χ3v) is 4.91. The number of aromatic nitrogens is 1. The van der Waals surface area contributed by atoms with Gasteiger partial charge in [0.15, 0.2) is 0 Å².